The molecule has 0 bridgehead atoms. The Hall–Kier alpha value is -2.57. The van der Waals surface area contributed by atoms with E-state index in [4.69, 9.17) is 4.74 Å². The van der Waals surface area contributed by atoms with E-state index in [0.29, 0.717) is 25.1 Å². The number of hydrogen-bond acceptors (Lipinski definition) is 5. The molecule has 0 fully saturated rings. The molecular weight excluding hydrogens is 344 g/mol. The zero-order chi connectivity index (χ0) is 19.6. The molecular formula is C21H28N2O4. The highest BCUT2D eigenvalue weighted by molar-refractivity contribution is 5.75. The number of benzene rings is 2. The van der Waals surface area contributed by atoms with Gasteiger partial charge in [0.25, 0.3) is 0 Å². The molecule has 6 nitrogen and oxygen atoms in total. The highest BCUT2D eigenvalue weighted by Gasteiger charge is 2.12. The summed E-state index contributed by atoms with van der Waals surface area (Å²) in [7, 11) is 0. The fourth-order valence-corrected chi connectivity index (χ4v) is 2.78. The molecule has 0 aliphatic heterocycles. The van der Waals surface area contributed by atoms with Crippen LogP contribution in [0, 0.1) is 0 Å². The maximum absolute atomic E-state index is 10.6. The predicted octanol–water partition coefficient (Wildman–Crippen LogP) is 3.00. The first-order valence-electron chi connectivity index (χ1n) is 9.19. The van der Waals surface area contributed by atoms with Gasteiger partial charge in [-0.05, 0) is 55.2 Å². The molecule has 2 aromatic carbocycles. The van der Waals surface area contributed by atoms with Gasteiger partial charge in [-0.25, -0.2) is 0 Å². The number of rotatable bonds is 11. The normalized spacial score (nSPS) is 13.0. The highest BCUT2D eigenvalue weighted by Crippen LogP contribution is 2.26. The Morgan fingerprint density at radius 2 is 2.04 bits per heavy atom. The van der Waals surface area contributed by atoms with Crippen LogP contribution >= 0.6 is 0 Å². The van der Waals surface area contributed by atoms with Crippen LogP contribution in [0.5, 0.6) is 11.5 Å². The van der Waals surface area contributed by atoms with Crippen LogP contribution in [-0.4, -0.2) is 35.8 Å². The maximum atomic E-state index is 10.6. The third-order valence-corrected chi connectivity index (χ3v) is 4.19. The van der Waals surface area contributed by atoms with E-state index in [1.165, 1.54) is 11.6 Å². The van der Waals surface area contributed by atoms with Crippen molar-refractivity contribution in [2.45, 2.75) is 38.8 Å². The Kier molecular flexibility index (Phi) is 8.10. The number of carbonyl (C=O) groups is 1. The van der Waals surface area contributed by atoms with E-state index < -0.39 is 6.10 Å². The fourth-order valence-electron chi connectivity index (χ4n) is 2.78. The van der Waals surface area contributed by atoms with E-state index in [2.05, 4.69) is 30.5 Å². The first-order chi connectivity index (χ1) is 13.0. The number of phenolic OH excluding ortho intramolecular Hbond substituents is 1. The molecule has 2 atom stereocenters. The van der Waals surface area contributed by atoms with Crippen molar-refractivity contribution in [1.29, 1.82) is 0 Å². The first kappa shape index (κ1) is 20.7. The summed E-state index contributed by atoms with van der Waals surface area (Å²) in [5.74, 6) is 0.838. The van der Waals surface area contributed by atoms with Crippen molar-refractivity contribution in [2.75, 3.05) is 18.5 Å². The van der Waals surface area contributed by atoms with Crippen LogP contribution in [-0.2, 0) is 11.2 Å². The summed E-state index contributed by atoms with van der Waals surface area (Å²) in [5, 5.41) is 25.8. The van der Waals surface area contributed by atoms with Crippen LogP contribution in [0.25, 0.3) is 0 Å². The summed E-state index contributed by atoms with van der Waals surface area (Å²) in [6, 6.07) is 12.9. The molecule has 0 aliphatic carbocycles. The van der Waals surface area contributed by atoms with Crippen molar-refractivity contribution in [2.24, 2.45) is 0 Å². The Balaban J connectivity index is 1.88. The Morgan fingerprint density at radius 1 is 1.22 bits per heavy atom. The van der Waals surface area contributed by atoms with Crippen molar-refractivity contribution in [3.05, 3.63) is 53.6 Å². The van der Waals surface area contributed by atoms with Gasteiger partial charge in [0, 0.05) is 12.6 Å². The standard InChI is InChI=1S/C21H28N2O4/c1-3-9-27-18-6-4-5-16(11-18)10-15(2)22-13-21(26)17-7-8-20(25)19(12-17)23-14-24/h4-8,11-12,14-15,21-22,25-26H,3,9-10,13H2,1-2H3,(H,23,24)/t15-,21+/m1/s1. The molecule has 0 aliphatic rings. The number of ether oxygens (including phenoxy) is 1. The van der Waals surface area contributed by atoms with Crippen molar-refractivity contribution in [1.82, 2.24) is 5.32 Å². The number of amides is 1. The highest BCUT2D eigenvalue weighted by atomic mass is 16.5. The number of hydrogen-bond donors (Lipinski definition) is 4. The molecule has 2 rings (SSSR count). The van der Waals surface area contributed by atoms with E-state index in [0.717, 1.165) is 18.6 Å². The topological polar surface area (TPSA) is 90.8 Å². The van der Waals surface area contributed by atoms with Crippen LogP contribution in [0.3, 0.4) is 0 Å². The van der Waals surface area contributed by atoms with Gasteiger partial charge < -0.3 is 25.6 Å². The smallest absolute Gasteiger partial charge is 0.211 e. The Morgan fingerprint density at radius 3 is 2.78 bits per heavy atom. The van der Waals surface area contributed by atoms with E-state index in [-0.39, 0.29) is 17.5 Å². The third-order valence-electron chi connectivity index (χ3n) is 4.19. The fraction of sp³-hybridized carbons (Fsp3) is 0.381. The summed E-state index contributed by atoms with van der Waals surface area (Å²) >= 11 is 0. The van der Waals surface area contributed by atoms with Crippen LogP contribution < -0.4 is 15.4 Å². The average Bonchev–Trinajstić information content (AvgIpc) is 2.66. The van der Waals surface area contributed by atoms with Crippen molar-refractivity contribution in [3.63, 3.8) is 0 Å². The minimum Gasteiger partial charge on any atom is -0.506 e. The van der Waals surface area contributed by atoms with Gasteiger partial charge in [-0.1, -0.05) is 25.1 Å². The van der Waals surface area contributed by atoms with E-state index in [1.54, 1.807) is 12.1 Å². The molecule has 0 unspecified atom stereocenters. The van der Waals surface area contributed by atoms with Gasteiger partial charge in [0.2, 0.25) is 6.41 Å². The average molecular weight is 372 g/mol. The minimum absolute atomic E-state index is 0.0375. The molecule has 27 heavy (non-hydrogen) atoms. The van der Waals surface area contributed by atoms with Gasteiger partial charge in [-0.15, -0.1) is 0 Å². The quantitative estimate of drug-likeness (QED) is 0.360. The lowest BCUT2D eigenvalue weighted by Gasteiger charge is -2.18. The molecule has 4 N–H and O–H groups in total. The second kappa shape index (κ2) is 10.5. The van der Waals surface area contributed by atoms with Crippen molar-refractivity contribution >= 4 is 12.1 Å². The monoisotopic (exact) mass is 372 g/mol. The summed E-state index contributed by atoms with van der Waals surface area (Å²) in [5.41, 5.74) is 2.06. The summed E-state index contributed by atoms with van der Waals surface area (Å²) in [6.45, 7) is 5.20. The molecule has 0 saturated carbocycles. The number of carbonyl (C=O) groups excluding carboxylic acids is 1. The number of nitrogens with one attached hydrogen (secondary N) is 2. The second-order valence-electron chi connectivity index (χ2n) is 6.56. The lowest BCUT2D eigenvalue weighted by Crippen LogP contribution is -2.32. The summed E-state index contributed by atoms with van der Waals surface area (Å²) in [4.78, 5) is 10.6. The molecule has 0 heterocycles. The zero-order valence-electron chi connectivity index (χ0n) is 15.8. The van der Waals surface area contributed by atoms with Crippen LogP contribution in [0.2, 0.25) is 0 Å². The third kappa shape index (κ3) is 6.58. The number of aliphatic hydroxyl groups is 1. The Labute approximate surface area is 160 Å². The first-order valence-corrected chi connectivity index (χ1v) is 9.19. The zero-order valence-corrected chi connectivity index (χ0v) is 15.8. The van der Waals surface area contributed by atoms with Gasteiger partial charge in [0.05, 0.1) is 18.4 Å². The lowest BCUT2D eigenvalue weighted by molar-refractivity contribution is -0.105. The van der Waals surface area contributed by atoms with Gasteiger partial charge in [-0.2, -0.15) is 0 Å². The summed E-state index contributed by atoms with van der Waals surface area (Å²) < 4.78 is 5.66. The van der Waals surface area contributed by atoms with E-state index in [9.17, 15) is 15.0 Å². The number of aromatic hydroxyl groups is 1. The SMILES string of the molecule is CCCOc1cccc(C[C@@H](C)NC[C@H](O)c2ccc(O)c(NC=O)c2)c1. The molecule has 6 heteroatoms. The summed E-state index contributed by atoms with van der Waals surface area (Å²) in [6.07, 6.45) is 1.52. The predicted molar refractivity (Wildman–Crippen MR) is 106 cm³/mol. The lowest BCUT2D eigenvalue weighted by atomic mass is 10.1. The molecule has 2 aromatic rings. The van der Waals surface area contributed by atoms with Gasteiger partial charge in [0.15, 0.2) is 0 Å². The van der Waals surface area contributed by atoms with E-state index >= 15 is 0 Å². The minimum atomic E-state index is -0.750. The van der Waals surface area contributed by atoms with Crippen molar-refractivity contribution in [3.8, 4) is 11.5 Å². The van der Waals surface area contributed by atoms with Gasteiger partial charge in [0.1, 0.15) is 11.5 Å². The molecule has 0 saturated heterocycles. The molecule has 146 valence electrons. The van der Waals surface area contributed by atoms with Gasteiger partial charge >= 0.3 is 0 Å². The number of aliphatic hydroxyl groups excluding tert-OH is 1. The molecule has 0 radical (unpaired) electrons. The molecule has 0 aromatic heterocycles. The van der Waals surface area contributed by atoms with Gasteiger partial charge in [-0.3, -0.25) is 4.79 Å². The number of phenols is 1. The Bertz CT molecular complexity index is 736. The second-order valence-corrected chi connectivity index (χ2v) is 6.56. The molecule has 0 spiro atoms. The van der Waals surface area contributed by atoms with E-state index in [1.807, 2.05) is 18.2 Å². The molecule has 1 amide bonds. The van der Waals surface area contributed by atoms with Crippen LogP contribution in [0.1, 0.15) is 37.5 Å². The van der Waals surface area contributed by atoms with Crippen LogP contribution in [0.4, 0.5) is 5.69 Å². The van der Waals surface area contributed by atoms with Crippen LogP contribution in [0.15, 0.2) is 42.5 Å². The largest absolute Gasteiger partial charge is 0.506 e. The van der Waals surface area contributed by atoms with Crippen molar-refractivity contribution < 1.29 is 19.7 Å². The maximum Gasteiger partial charge on any atom is 0.211 e. The number of anilines is 1.